The number of rotatable bonds is 5. The molecule has 1 unspecified atom stereocenters. The van der Waals surface area contributed by atoms with Gasteiger partial charge in [0.2, 0.25) is 5.91 Å². The van der Waals surface area contributed by atoms with Crippen molar-refractivity contribution >= 4 is 5.91 Å². The van der Waals surface area contributed by atoms with Crippen LogP contribution < -0.4 is 0 Å². The third-order valence-electron chi connectivity index (χ3n) is 5.72. The molecule has 2 heterocycles. The van der Waals surface area contributed by atoms with E-state index in [9.17, 15) is 4.79 Å². The summed E-state index contributed by atoms with van der Waals surface area (Å²) in [6.07, 6.45) is 12.5. The number of likely N-dealkylation sites (tertiary alicyclic amines) is 1. The lowest BCUT2D eigenvalue weighted by Crippen LogP contribution is -2.41. The van der Waals surface area contributed by atoms with Gasteiger partial charge in [0, 0.05) is 25.7 Å². The molecule has 1 amide bonds. The van der Waals surface area contributed by atoms with Crippen LogP contribution >= 0.6 is 0 Å². The second-order valence-corrected chi connectivity index (χ2v) is 7.68. The molecule has 0 aromatic carbocycles. The number of hydrogen-bond acceptors (Lipinski definition) is 2. The topological polar surface area (TPSA) is 38.1 Å². The minimum Gasteiger partial charge on any atom is -0.341 e. The van der Waals surface area contributed by atoms with Gasteiger partial charge in [0.1, 0.15) is 0 Å². The zero-order chi connectivity index (χ0) is 15.1. The van der Waals surface area contributed by atoms with E-state index in [1.807, 2.05) is 6.20 Å². The van der Waals surface area contributed by atoms with Gasteiger partial charge in [-0.15, -0.1) is 0 Å². The number of aromatic nitrogens is 2. The molecule has 1 atom stereocenters. The molecule has 4 rings (SSSR count). The Balaban J connectivity index is 1.37. The van der Waals surface area contributed by atoms with E-state index in [4.69, 9.17) is 0 Å². The maximum Gasteiger partial charge on any atom is 0.222 e. The van der Waals surface area contributed by atoms with Gasteiger partial charge in [-0.3, -0.25) is 9.48 Å². The maximum atomic E-state index is 12.8. The lowest BCUT2D eigenvalue weighted by atomic mass is 9.93. The van der Waals surface area contributed by atoms with E-state index < -0.39 is 0 Å². The Bertz CT molecular complexity index is 532. The number of piperidine rings is 1. The molecular weight excluding hydrogens is 274 g/mol. The van der Waals surface area contributed by atoms with Crippen LogP contribution in [0.3, 0.4) is 0 Å². The normalized spacial score (nSPS) is 25.7. The Morgan fingerprint density at radius 1 is 1.27 bits per heavy atom. The first-order valence-corrected chi connectivity index (χ1v) is 8.99. The summed E-state index contributed by atoms with van der Waals surface area (Å²) in [6.45, 7) is 3.87. The summed E-state index contributed by atoms with van der Waals surface area (Å²) in [5, 5.41) is 4.45. The maximum absolute atomic E-state index is 12.8. The summed E-state index contributed by atoms with van der Waals surface area (Å²) in [7, 11) is 0. The van der Waals surface area contributed by atoms with Crippen molar-refractivity contribution in [2.45, 2.75) is 57.9 Å². The van der Waals surface area contributed by atoms with Crippen LogP contribution in [-0.2, 0) is 4.79 Å². The minimum atomic E-state index is 0.367. The highest BCUT2D eigenvalue weighted by Gasteiger charge is 2.43. The largest absolute Gasteiger partial charge is 0.341 e. The number of carbonyl (C=O) groups excluding carboxylic acids is 1. The molecular formula is C18H27N3O. The lowest BCUT2D eigenvalue weighted by Gasteiger charge is -2.34. The highest BCUT2D eigenvalue weighted by Crippen LogP contribution is 2.50. The third-order valence-corrected chi connectivity index (χ3v) is 5.72. The lowest BCUT2D eigenvalue weighted by molar-refractivity contribution is -0.134. The number of aryl methyl sites for hydroxylation is 1. The van der Waals surface area contributed by atoms with Gasteiger partial charge < -0.3 is 4.90 Å². The molecule has 3 aliphatic rings. The first kappa shape index (κ1) is 14.3. The summed E-state index contributed by atoms with van der Waals surface area (Å²) in [4.78, 5) is 14.9. The Kier molecular flexibility index (Phi) is 3.71. The van der Waals surface area contributed by atoms with E-state index in [0.29, 0.717) is 17.9 Å². The van der Waals surface area contributed by atoms with Gasteiger partial charge in [-0.2, -0.15) is 5.10 Å². The SMILES string of the molecule is Cc1cnn(C2CCCN(C(=O)CC(C3CC3)C3CC3)C2)c1. The molecule has 1 aliphatic heterocycles. The summed E-state index contributed by atoms with van der Waals surface area (Å²) in [6, 6.07) is 0.367. The van der Waals surface area contributed by atoms with Crippen LogP contribution in [-0.4, -0.2) is 33.7 Å². The van der Waals surface area contributed by atoms with Crippen LogP contribution in [0.1, 0.15) is 56.6 Å². The van der Waals surface area contributed by atoms with Crippen molar-refractivity contribution in [3.8, 4) is 0 Å². The second-order valence-electron chi connectivity index (χ2n) is 7.68. The highest BCUT2D eigenvalue weighted by atomic mass is 16.2. The van der Waals surface area contributed by atoms with Crippen molar-refractivity contribution < 1.29 is 4.79 Å². The molecule has 3 fully saturated rings. The van der Waals surface area contributed by atoms with Crippen LogP contribution in [0.25, 0.3) is 0 Å². The Labute approximate surface area is 132 Å². The van der Waals surface area contributed by atoms with Gasteiger partial charge in [0.25, 0.3) is 0 Å². The van der Waals surface area contributed by atoms with Crippen molar-refractivity contribution in [2.24, 2.45) is 17.8 Å². The molecule has 1 aromatic heterocycles. The van der Waals surface area contributed by atoms with E-state index >= 15 is 0 Å². The molecule has 22 heavy (non-hydrogen) atoms. The average molecular weight is 301 g/mol. The zero-order valence-electron chi connectivity index (χ0n) is 13.6. The van der Waals surface area contributed by atoms with Crippen LogP contribution in [0.4, 0.5) is 0 Å². The predicted octanol–water partition coefficient (Wildman–Crippen LogP) is 3.18. The van der Waals surface area contributed by atoms with Crippen LogP contribution in [0.15, 0.2) is 12.4 Å². The van der Waals surface area contributed by atoms with Crippen LogP contribution in [0.2, 0.25) is 0 Å². The second kappa shape index (κ2) is 5.71. The molecule has 4 heteroatoms. The van der Waals surface area contributed by atoms with Gasteiger partial charge in [0.15, 0.2) is 0 Å². The minimum absolute atomic E-state index is 0.367. The predicted molar refractivity (Wildman–Crippen MR) is 85.4 cm³/mol. The fraction of sp³-hybridized carbons (Fsp3) is 0.778. The summed E-state index contributed by atoms with van der Waals surface area (Å²) >= 11 is 0. The molecule has 2 aliphatic carbocycles. The first-order valence-electron chi connectivity index (χ1n) is 8.99. The van der Waals surface area contributed by atoms with Crippen LogP contribution in [0.5, 0.6) is 0 Å². The molecule has 0 bridgehead atoms. The van der Waals surface area contributed by atoms with Gasteiger partial charge >= 0.3 is 0 Å². The fourth-order valence-electron chi connectivity index (χ4n) is 4.13. The molecule has 120 valence electrons. The quantitative estimate of drug-likeness (QED) is 0.838. The summed E-state index contributed by atoms with van der Waals surface area (Å²) in [5.74, 6) is 2.83. The van der Waals surface area contributed by atoms with E-state index in [0.717, 1.165) is 44.2 Å². The van der Waals surface area contributed by atoms with Gasteiger partial charge in [0.05, 0.1) is 12.2 Å². The van der Waals surface area contributed by atoms with Gasteiger partial charge in [-0.05, 0) is 68.8 Å². The number of nitrogens with zero attached hydrogens (tertiary/aromatic N) is 3. The molecule has 0 radical (unpaired) electrons. The molecule has 1 saturated heterocycles. The smallest absolute Gasteiger partial charge is 0.222 e. The van der Waals surface area contributed by atoms with Gasteiger partial charge in [-0.1, -0.05) is 0 Å². The number of carbonyl (C=O) groups is 1. The van der Waals surface area contributed by atoms with Crippen LogP contribution in [0, 0.1) is 24.7 Å². The number of amides is 1. The third kappa shape index (κ3) is 3.06. The average Bonchev–Trinajstić information content (AvgIpc) is 3.44. The number of hydrogen-bond donors (Lipinski definition) is 0. The molecule has 4 nitrogen and oxygen atoms in total. The van der Waals surface area contributed by atoms with E-state index in [1.165, 1.54) is 31.2 Å². The monoisotopic (exact) mass is 301 g/mol. The summed E-state index contributed by atoms with van der Waals surface area (Å²) < 4.78 is 2.06. The Hall–Kier alpha value is -1.32. The van der Waals surface area contributed by atoms with E-state index in [1.54, 1.807) is 0 Å². The van der Waals surface area contributed by atoms with Crippen molar-refractivity contribution in [1.82, 2.24) is 14.7 Å². The highest BCUT2D eigenvalue weighted by molar-refractivity contribution is 5.76. The Morgan fingerprint density at radius 3 is 2.59 bits per heavy atom. The van der Waals surface area contributed by atoms with E-state index in [2.05, 4.69) is 27.8 Å². The standard InChI is InChI=1S/C18H27N3O/c1-13-10-19-21(11-13)16-3-2-8-20(12-16)18(22)9-17(14-4-5-14)15-6-7-15/h10-11,14-17H,2-9,12H2,1H3. The van der Waals surface area contributed by atoms with Crippen molar-refractivity contribution in [1.29, 1.82) is 0 Å². The molecule has 0 spiro atoms. The van der Waals surface area contributed by atoms with Gasteiger partial charge in [-0.25, -0.2) is 0 Å². The van der Waals surface area contributed by atoms with Crippen molar-refractivity contribution in [2.75, 3.05) is 13.1 Å². The Morgan fingerprint density at radius 2 is 2.00 bits per heavy atom. The van der Waals surface area contributed by atoms with E-state index in [-0.39, 0.29) is 0 Å². The molecule has 1 aromatic rings. The fourth-order valence-corrected chi connectivity index (χ4v) is 4.13. The first-order chi connectivity index (χ1) is 10.7. The molecule has 2 saturated carbocycles. The molecule has 0 N–H and O–H groups in total. The summed E-state index contributed by atoms with van der Waals surface area (Å²) in [5.41, 5.74) is 1.20. The van der Waals surface area contributed by atoms with Crippen molar-refractivity contribution in [3.05, 3.63) is 18.0 Å². The van der Waals surface area contributed by atoms with Crippen molar-refractivity contribution in [3.63, 3.8) is 0 Å². The zero-order valence-corrected chi connectivity index (χ0v) is 13.6.